The SMILES string of the molecule is CCC[C-]=O.O=C=O.[CH2-]CCCN.[Y]. The summed E-state index contributed by atoms with van der Waals surface area (Å²) in [6, 6.07) is 0. The fourth-order valence-electron chi connectivity index (χ4n) is 0.246. The Balaban J connectivity index is -0.0000000535. The first-order valence-electron chi connectivity index (χ1n) is 4.08. The molecule has 14 heavy (non-hydrogen) atoms. The molecule has 0 spiro atoms. The molecule has 0 atom stereocenters. The summed E-state index contributed by atoms with van der Waals surface area (Å²) in [5, 5.41) is 0. The first-order chi connectivity index (χ1) is 6.24. The minimum Gasteiger partial charge on any atom is -0.542 e. The molecule has 0 heterocycles. The van der Waals surface area contributed by atoms with Crippen molar-refractivity contribution in [2.24, 2.45) is 5.73 Å². The van der Waals surface area contributed by atoms with Gasteiger partial charge in [0.1, 0.15) is 0 Å². The summed E-state index contributed by atoms with van der Waals surface area (Å²) in [5.74, 6) is 0. The predicted molar refractivity (Wildman–Crippen MR) is 49.3 cm³/mol. The number of unbranched alkanes of at least 4 members (excludes halogenated alkanes) is 2. The van der Waals surface area contributed by atoms with E-state index >= 15 is 0 Å². The van der Waals surface area contributed by atoms with Crippen LogP contribution < -0.4 is 5.73 Å². The van der Waals surface area contributed by atoms with Gasteiger partial charge in [-0.25, -0.2) is 0 Å². The molecule has 81 valence electrons. The van der Waals surface area contributed by atoms with E-state index in [1.54, 1.807) is 6.29 Å². The van der Waals surface area contributed by atoms with Crippen molar-refractivity contribution in [2.45, 2.75) is 32.6 Å². The van der Waals surface area contributed by atoms with Crippen molar-refractivity contribution in [3.05, 3.63) is 6.92 Å². The maximum absolute atomic E-state index is 9.28. The summed E-state index contributed by atoms with van der Waals surface area (Å²) in [6.45, 7) is 6.33. The molecule has 0 fully saturated rings. The third-order valence-corrected chi connectivity index (χ3v) is 0.806. The van der Waals surface area contributed by atoms with Gasteiger partial charge in [0.05, 0.1) is 0 Å². The van der Waals surface area contributed by atoms with E-state index in [0.29, 0.717) is 6.42 Å². The van der Waals surface area contributed by atoms with Gasteiger partial charge < -0.3 is 17.5 Å². The number of carbonyl (C=O) groups excluding carboxylic acids is 3. The maximum atomic E-state index is 9.28. The van der Waals surface area contributed by atoms with Gasteiger partial charge in [0.2, 0.25) is 0 Å². The van der Waals surface area contributed by atoms with Gasteiger partial charge in [-0.2, -0.15) is 22.4 Å². The standard InChI is InChI=1S/C4H10N.C4H7O.CO2.Y/c2*1-2-3-4-5;2-1-3;/h1-5H2;2-3H2,1H3;;/q2*-1;;. The molecule has 5 heteroatoms. The van der Waals surface area contributed by atoms with Crippen molar-refractivity contribution in [1.29, 1.82) is 0 Å². The summed E-state index contributed by atoms with van der Waals surface area (Å²) in [7, 11) is 0. The van der Waals surface area contributed by atoms with E-state index in [-0.39, 0.29) is 38.9 Å². The molecule has 2 N–H and O–H groups in total. The second-order valence-electron chi connectivity index (χ2n) is 1.97. The Labute approximate surface area is 111 Å². The molecule has 1 radical (unpaired) electrons. The molecule has 0 aromatic rings. The van der Waals surface area contributed by atoms with E-state index in [2.05, 4.69) is 6.92 Å². The normalized spacial score (nSPS) is 6.21. The number of hydrogen-bond donors (Lipinski definition) is 1. The van der Waals surface area contributed by atoms with E-state index in [4.69, 9.17) is 15.3 Å². The average molecular weight is 276 g/mol. The Morgan fingerprint density at radius 2 is 1.86 bits per heavy atom. The fraction of sp³-hybridized carbons (Fsp3) is 0.667. The zero-order valence-electron chi connectivity index (χ0n) is 8.62. The Morgan fingerprint density at radius 3 is 1.86 bits per heavy atom. The summed E-state index contributed by atoms with van der Waals surface area (Å²) in [6.07, 6.45) is 5.55. The topological polar surface area (TPSA) is 77.2 Å². The van der Waals surface area contributed by atoms with Gasteiger partial charge in [-0.1, -0.05) is 19.8 Å². The Kier molecular flexibility index (Phi) is 64.5. The van der Waals surface area contributed by atoms with Crippen LogP contribution in [0.4, 0.5) is 0 Å². The molecule has 0 bridgehead atoms. The van der Waals surface area contributed by atoms with E-state index in [1.807, 2.05) is 6.92 Å². The molecule has 0 aromatic carbocycles. The van der Waals surface area contributed by atoms with Crippen molar-refractivity contribution in [3.8, 4) is 0 Å². The average Bonchev–Trinajstić information content (AvgIpc) is 2.09. The Morgan fingerprint density at radius 1 is 1.43 bits per heavy atom. The van der Waals surface area contributed by atoms with Crippen molar-refractivity contribution in [2.75, 3.05) is 6.54 Å². The fourth-order valence-corrected chi connectivity index (χ4v) is 0.246. The first-order valence-corrected chi connectivity index (χ1v) is 4.08. The van der Waals surface area contributed by atoms with Crippen molar-refractivity contribution in [1.82, 2.24) is 0 Å². The Hall–Kier alpha value is 0.114. The van der Waals surface area contributed by atoms with Crippen LogP contribution >= 0.6 is 0 Å². The van der Waals surface area contributed by atoms with Crippen LogP contribution in [-0.2, 0) is 47.1 Å². The third kappa shape index (κ3) is 88.4. The van der Waals surface area contributed by atoms with Crippen molar-refractivity contribution < 1.29 is 47.1 Å². The zero-order chi connectivity index (χ0) is 10.9. The predicted octanol–water partition coefficient (Wildman–Crippen LogP) is 0.870. The summed E-state index contributed by atoms with van der Waals surface area (Å²) in [5.41, 5.74) is 5.10. The van der Waals surface area contributed by atoms with Crippen LogP contribution in [0.2, 0.25) is 0 Å². The van der Waals surface area contributed by atoms with Crippen LogP contribution in [-0.4, -0.2) is 19.0 Å². The van der Waals surface area contributed by atoms with Gasteiger partial charge in [-0.3, -0.25) is 6.29 Å². The first kappa shape index (κ1) is 23.7. The van der Waals surface area contributed by atoms with Gasteiger partial charge in [-0.15, -0.1) is 0 Å². The van der Waals surface area contributed by atoms with Crippen molar-refractivity contribution >= 4 is 12.4 Å². The third-order valence-electron chi connectivity index (χ3n) is 0.806. The zero-order valence-corrected chi connectivity index (χ0v) is 11.5. The van der Waals surface area contributed by atoms with E-state index < -0.39 is 0 Å². The van der Waals surface area contributed by atoms with Crippen LogP contribution in [0.3, 0.4) is 0 Å². The molecule has 0 rings (SSSR count). The van der Waals surface area contributed by atoms with Crippen LogP contribution in [0.1, 0.15) is 32.6 Å². The second-order valence-corrected chi connectivity index (χ2v) is 1.97. The van der Waals surface area contributed by atoms with E-state index in [0.717, 1.165) is 25.8 Å². The van der Waals surface area contributed by atoms with Gasteiger partial charge in [0.15, 0.2) is 0 Å². The van der Waals surface area contributed by atoms with Gasteiger partial charge >= 0.3 is 6.15 Å². The molecule has 4 nitrogen and oxygen atoms in total. The molecular weight excluding hydrogens is 259 g/mol. The summed E-state index contributed by atoms with van der Waals surface area (Å²) >= 11 is 0. The Bertz CT molecular complexity index is 113. The molecule has 0 amide bonds. The molecule has 0 aliphatic heterocycles. The number of nitrogens with two attached hydrogens (primary N) is 1. The van der Waals surface area contributed by atoms with Gasteiger partial charge in [0, 0.05) is 32.7 Å². The minimum atomic E-state index is 0. The molecule has 0 saturated carbocycles. The molecule has 0 unspecified atom stereocenters. The monoisotopic (exact) mass is 276 g/mol. The van der Waals surface area contributed by atoms with E-state index in [9.17, 15) is 4.79 Å². The van der Waals surface area contributed by atoms with Crippen LogP contribution in [0.5, 0.6) is 0 Å². The van der Waals surface area contributed by atoms with Gasteiger partial charge in [-0.05, 0) is 6.54 Å². The largest absolute Gasteiger partial charge is 0.542 e. The molecule has 0 aliphatic carbocycles. The molecule has 0 aliphatic rings. The maximum Gasteiger partial charge on any atom is 0.373 e. The quantitative estimate of drug-likeness (QED) is 0.773. The molecule has 0 aromatic heterocycles. The van der Waals surface area contributed by atoms with Crippen LogP contribution in [0.15, 0.2) is 0 Å². The minimum absolute atomic E-state index is 0. The van der Waals surface area contributed by atoms with E-state index in [1.165, 1.54) is 0 Å². The van der Waals surface area contributed by atoms with Crippen LogP contribution in [0, 0.1) is 6.92 Å². The summed E-state index contributed by atoms with van der Waals surface area (Å²) in [4.78, 5) is 25.5. The van der Waals surface area contributed by atoms with Crippen molar-refractivity contribution in [3.63, 3.8) is 0 Å². The number of rotatable bonds is 4. The molecular formula is C9H17NO3Y-2. The molecule has 0 saturated heterocycles. The smallest absolute Gasteiger partial charge is 0.373 e. The van der Waals surface area contributed by atoms with Gasteiger partial charge in [0.25, 0.3) is 0 Å². The summed E-state index contributed by atoms with van der Waals surface area (Å²) < 4.78 is 0. The number of hydrogen-bond acceptors (Lipinski definition) is 4. The second kappa shape index (κ2) is 38.0. The van der Waals surface area contributed by atoms with Crippen LogP contribution in [0.25, 0.3) is 0 Å².